The number of carbonyl (C=O) groups excluding carboxylic acids is 1. The van der Waals surface area contributed by atoms with Crippen LogP contribution < -0.4 is 4.74 Å². The van der Waals surface area contributed by atoms with Crippen molar-refractivity contribution in [2.75, 3.05) is 40.3 Å². The molecule has 0 aromatic heterocycles. The summed E-state index contributed by atoms with van der Waals surface area (Å²) in [6.45, 7) is 2.64. The smallest absolute Gasteiger partial charge is 0.341 e. The van der Waals surface area contributed by atoms with E-state index in [1.165, 1.54) is 0 Å². The van der Waals surface area contributed by atoms with Crippen molar-refractivity contribution >= 4 is 23.6 Å². The van der Waals surface area contributed by atoms with Crippen molar-refractivity contribution in [3.8, 4) is 5.75 Å². The number of hydrogen-bond donors (Lipinski definition) is 1. The first-order valence-electron chi connectivity index (χ1n) is 9.16. The molecule has 0 saturated carbocycles. The first-order valence-corrected chi connectivity index (χ1v) is 9.54. The number of nitrogens with zero attached hydrogens (tertiary/aromatic N) is 3. The Bertz CT molecular complexity index is 712. The fraction of sp³-hybridized carbons (Fsp3) is 0.579. The third-order valence-corrected chi connectivity index (χ3v) is 5.46. The van der Waals surface area contributed by atoms with Crippen molar-refractivity contribution in [1.29, 1.82) is 0 Å². The van der Waals surface area contributed by atoms with E-state index in [1.54, 1.807) is 31.1 Å². The van der Waals surface area contributed by atoms with Gasteiger partial charge in [0.15, 0.2) is 6.61 Å². The van der Waals surface area contributed by atoms with Gasteiger partial charge in [0, 0.05) is 56.9 Å². The largest absolute Gasteiger partial charge is 0.482 e. The molecule has 2 bridgehead atoms. The highest BCUT2D eigenvalue weighted by Gasteiger charge is 2.37. The molecule has 3 fully saturated rings. The molecule has 1 aromatic carbocycles. The van der Waals surface area contributed by atoms with Crippen molar-refractivity contribution in [2.45, 2.75) is 25.4 Å². The van der Waals surface area contributed by atoms with Crippen LogP contribution in [0.2, 0.25) is 5.02 Å². The van der Waals surface area contributed by atoms with Crippen LogP contribution >= 0.6 is 11.6 Å². The zero-order valence-electron chi connectivity index (χ0n) is 15.7. The van der Waals surface area contributed by atoms with Crippen molar-refractivity contribution in [3.63, 3.8) is 0 Å². The van der Waals surface area contributed by atoms with Crippen LogP contribution in [0, 0.1) is 5.92 Å². The molecule has 2 amide bonds. The van der Waals surface area contributed by atoms with Gasteiger partial charge in [0.05, 0.1) is 0 Å². The van der Waals surface area contributed by atoms with Gasteiger partial charge in [-0.25, -0.2) is 9.59 Å². The molecule has 0 unspecified atom stereocenters. The van der Waals surface area contributed by atoms with Crippen LogP contribution in [0.15, 0.2) is 18.2 Å². The summed E-state index contributed by atoms with van der Waals surface area (Å²) in [6, 6.07) is 5.59. The number of carbonyl (C=O) groups is 2. The second-order valence-electron chi connectivity index (χ2n) is 7.54. The number of amides is 2. The van der Waals surface area contributed by atoms with Crippen LogP contribution in [-0.4, -0.2) is 78.2 Å². The molecule has 7 nitrogen and oxygen atoms in total. The average Bonchev–Trinajstić information content (AvgIpc) is 2.92. The standard InChI is InChI=1S/C19H26ClN3O4/c1-21(2)19(26)23-9-13-3-5-16(11-23)22(8-13)10-14-7-15(20)4-6-17(14)27-12-18(24)25/h4,6-7,13,16H,3,5,8-12H2,1-2H3,(H,24,25)/t13-,16-/m1/s1. The lowest BCUT2D eigenvalue weighted by atomic mass is 9.94. The Hall–Kier alpha value is -1.99. The molecule has 3 heterocycles. The maximum Gasteiger partial charge on any atom is 0.341 e. The third kappa shape index (κ3) is 4.84. The Morgan fingerprint density at radius 3 is 2.74 bits per heavy atom. The van der Waals surface area contributed by atoms with Crippen molar-refractivity contribution in [3.05, 3.63) is 28.8 Å². The Labute approximate surface area is 164 Å². The molecule has 0 radical (unpaired) electrons. The van der Waals surface area contributed by atoms with E-state index in [-0.39, 0.29) is 18.7 Å². The van der Waals surface area contributed by atoms with E-state index >= 15 is 0 Å². The minimum absolute atomic E-state index is 0.0574. The number of piperidine rings is 1. The quantitative estimate of drug-likeness (QED) is 0.828. The van der Waals surface area contributed by atoms with Gasteiger partial charge in [-0.3, -0.25) is 4.90 Å². The monoisotopic (exact) mass is 395 g/mol. The van der Waals surface area contributed by atoms with Crippen molar-refractivity contribution in [1.82, 2.24) is 14.7 Å². The van der Waals surface area contributed by atoms with Crippen LogP contribution in [0.1, 0.15) is 18.4 Å². The zero-order valence-corrected chi connectivity index (χ0v) is 16.5. The fourth-order valence-electron chi connectivity index (χ4n) is 3.98. The van der Waals surface area contributed by atoms with Crippen LogP contribution in [0.4, 0.5) is 4.79 Å². The number of fused-ring (bicyclic) bond motifs is 4. The summed E-state index contributed by atoms with van der Waals surface area (Å²) < 4.78 is 5.44. The predicted octanol–water partition coefficient (Wildman–Crippen LogP) is 2.38. The van der Waals surface area contributed by atoms with Crippen molar-refractivity contribution in [2.24, 2.45) is 5.92 Å². The highest BCUT2D eigenvalue weighted by atomic mass is 35.5. The minimum atomic E-state index is -1.01. The summed E-state index contributed by atoms with van der Waals surface area (Å²) >= 11 is 6.16. The van der Waals surface area contributed by atoms with Crippen LogP contribution in [0.3, 0.4) is 0 Å². The van der Waals surface area contributed by atoms with E-state index < -0.39 is 5.97 Å². The number of halogens is 1. The lowest BCUT2D eigenvalue weighted by molar-refractivity contribution is -0.139. The summed E-state index contributed by atoms with van der Waals surface area (Å²) in [5.74, 6) is -0.0269. The molecule has 1 N–H and O–H groups in total. The maximum absolute atomic E-state index is 12.4. The molecule has 1 aromatic rings. The van der Waals surface area contributed by atoms with E-state index in [0.29, 0.717) is 29.8 Å². The fourth-order valence-corrected chi connectivity index (χ4v) is 4.18. The molecule has 3 aliphatic rings. The van der Waals surface area contributed by atoms with Gasteiger partial charge in [-0.2, -0.15) is 0 Å². The number of ether oxygens (including phenoxy) is 1. The van der Waals surface area contributed by atoms with E-state index in [2.05, 4.69) is 4.90 Å². The van der Waals surface area contributed by atoms with Gasteiger partial charge in [-0.1, -0.05) is 11.6 Å². The molecular formula is C19H26ClN3O4. The molecule has 3 aliphatic heterocycles. The molecular weight excluding hydrogens is 370 g/mol. The normalized spacial score (nSPS) is 22.4. The maximum atomic E-state index is 12.4. The van der Waals surface area contributed by atoms with Gasteiger partial charge in [-0.05, 0) is 37.0 Å². The molecule has 148 valence electrons. The number of urea groups is 1. The second kappa shape index (κ2) is 8.35. The molecule has 0 aliphatic carbocycles. The van der Waals surface area contributed by atoms with Gasteiger partial charge in [-0.15, -0.1) is 0 Å². The van der Waals surface area contributed by atoms with Crippen LogP contribution in [0.5, 0.6) is 5.75 Å². The van der Waals surface area contributed by atoms with Gasteiger partial charge in [0.1, 0.15) is 5.75 Å². The lowest BCUT2D eigenvalue weighted by Gasteiger charge is -2.36. The van der Waals surface area contributed by atoms with Gasteiger partial charge in [0.2, 0.25) is 0 Å². The number of carboxylic acid groups (broad SMARTS) is 1. The number of benzene rings is 1. The number of hydrogen-bond acceptors (Lipinski definition) is 4. The SMILES string of the molecule is CN(C)C(=O)N1C[C@@H]2CC[C@H](C1)N(Cc1cc(Cl)ccc1OCC(=O)O)C2. The Morgan fingerprint density at radius 1 is 1.26 bits per heavy atom. The van der Waals surface area contributed by atoms with E-state index in [0.717, 1.165) is 31.5 Å². The Morgan fingerprint density at radius 2 is 2.04 bits per heavy atom. The van der Waals surface area contributed by atoms with Gasteiger partial charge >= 0.3 is 12.0 Å². The first-order chi connectivity index (χ1) is 12.8. The summed E-state index contributed by atoms with van der Waals surface area (Å²) in [5.41, 5.74) is 0.877. The number of aliphatic carboxylic acids is 1. The second-order valence-corrected chi connectivity index (χ2v) is 7.98. The first kappa shape index (κ1) is 19.8. The summed E-state index contributed by atoms with van der Waals surface area (Å²) in [4.78, 5) is 29.2. The molecule has 0 spiro atoms. The van der Waals surface area contributed by atoms with Gasteiger partial charge in [0.25, 0.3) is 0 Å². The summed E-state index contributed by atoms with van der Waals surface area (Å²) in [5, 5.41) is 9.48. The topological polar surface area (TPSA) is 73.3 Å². The van der Waals surface area contributed by atoms with E-state index in [1.807, 2.05) is 11.0 Å². The molecule has 4 rings (SSSR count). The predicted molar refractivity (Wildman–Crippen MR) is 102 cm³/mol. The Kier molecular flexibility index (Phi) is 6.11. The lowest BCUT2D eigenvalue weighted by Crippen LogP contribution is -2.45. The number of carboxylic acids is 1. The minimum Gasteiger partial charge on any atom is -0.482 e. The molecule has 2 atom stereocenters. The summed E-state index contributed by atoms with van der Waals surface area (Å²) in [6.07, 6.45) is 2.17. The average molecular weight is 396 g/mol. The molecule has 8 heteroatoms. The molecule has 27 heavy (non-hydrogen) atoms. The Balaban J connectivity index is 1.75. The highest BCUT2D eigenvalue weighted by molar-refractivity contribution is 6.30. The highest BCUT2D eigenvalue weighted by Crippen LogP contribution is 2.32. The van der Waals surface area contributed by atoms with E-state index in [4.69, 9.17) is 21.4 Å². The van der Waals surface area contributed by atoms with Crippen LogP contribution in [0.25, 0.3) is 0 Å². The molecule has 3 saturated heterocycles. The zero-order chi connectivity index (χ0) is 19.6. The van der Waals surface area contributed by atoms with Gasteiger partial charge < -0.3 is 19.6 Å². The van der Waals surface area contributed by atoms with Crippen molar-refractivity contribution < 1.29 is 19.4 Å². The van der Waals surface area contributed by atoms with Crippen LogP contribution in [-0.2, 0) is 11.3 Å². The third-order valence-electron chi connectivity index (χ3n) is 5.23. The summed E-state index contributed by atoms with van der Waals surface area (Å²) in [7, 11) is 3.57. The number of rotatable bonds is 5. The van der Waals surface area contributed by atoms with E-state index in [9.17, 15) is 9.59 Å².